The molecular formula is C14H13BrN2O4. The van der Waals surface area contributed by atoms with Gasteiger partial charge in [-0.05, 0) is 41.1 Å². The highest BCUT2D eigenvalue weighted by atomic mass is 79.9. The molecule has 1 heterocycles. The summed E-state index contributed by atoms with van der Waals surface area (Å²) in [6.07, 6.45) is 1.46. The van der Waals surface area contributed by atoms with Crippen molar-refractivity contribution in [3.8, 4) is 5.75 Å². The first-order valence-electron chi connectivity index (χ1n) is 6.16. The average molecular weight is 353 g/mol. The Bertz CT molecular complexity index is 727. The second-order valence-corrected chi connectivity index (χ2v) is 5.12. The van der Waals surface area contributed by atoms with Crippen LogP contribution in [0.4, 0.5) is 0 Å². The lowest BCUT2D eigenvalue weighted by Crippen LogP contribution is -2.24. The normalized spacial score (nSPS) is 10.4. The number of halogens is 1. The summed E-state index contributed by atoms with van der Waals surface area (Å²) < 4.78 is 7.32. The minimum atomic E-state index is -1.01. The maximum Gasteiger partial charge on any atom is 0.335 e. The van der Waals surface area contributed by atoms with Crippen LogP contribution in [0.15, 0.2) is 39.9 Å². The molecule has 0 amide bonds. The zero-order valence-corrected chi connectivity index (χ0v) is 12.8. The Labute approximate surface area is 129 Å². The van der Waals surface area contributed by atoms with Gasteiger partial charge in [-0.3, -0.25) is 9.36 Å². The monoisotopic (exact) mass is 352 g/mol. The molecule has 1 aromatic heterocycles. The van der Waals surface area contributed by atoms with E-state index in [1.165, 1.54) is 23.0 Å². The van der Waals surface area contributed by atoms with Crippen LogP contribution in [-0.2, 0) is 6.54 Å². The Morgan fingerprint density at radius 3 is 2.95 bits per heavy atom. The van der Waals surface area contributed by atoms with Gasteiger partial charge in [0, 0.05) is 0 Å². The highest BCUT2D eigenvalue weighted by Crippen LogP contribution is 2.13. The predicted molar refractivity (Wildman–Crippen MR) is 79.8 cm³/mol. The van der Waals surface area contributed by atoms with Crippen molar-refractivity contribution in [3.63, 3.8) is 0 Å². The molecule has 0 fully saturated rings. The number of rotatable bonds is 5. The maximum atomic E-state index is 11.9. The largest absolute Gasteiger partial charge is 0.492 e. The van der Waals surface area contributed by atoms with Crippen molar-refractivity contribution < 1.29 is 14.6 Å². The molecule has 2 aromatic rings. The highest BCUT2D eigenvalue weighted by molar-refractivity contribution is 9.10. The summed E-state index contributed by atoms with van der Waals surface area (Å²) in [6, 6.07) is 6.20. The number of carboxylic acids is 1. The Balaban J connectivity index is 2.02. The van der Waals surface area contributed by atoms with E-state index in [0.29, 0.717) is 22.5 Å². The second kappa shape index (κ2) is 6.53. The molecule has 21 heavy (non-hydrogen) atoms. The van der Waals surface area contributed by atoms with Crippen molar-refractivity contribution in [2.45, 2.75) is 13.5 Å². The summed E-state index contributed by atoms with van der Waals surface area (Å²) in [5.74, 6) is -0.564. The van der Waals surface area contributed by atoms with Crippen molar-refractivity contribution >= 4 is 21.9 Å². The summed E-state index contributed by atoms with van der Waals surface area (Å²) >= 11 is 3.19. The van der Waals surface area contributed by atoms with E-state index in [1.807, 2.05) is 0 Å². The van der Waals surface area contributed by atoms with Crippen LogP contribution >= 0.6 is 15.9 Å². The molecule has 0 bridgehead atoms. The smallest absolute Gasteiger partial charge is 0.335 e. The molecule has 2 rings (SSSR count). The third-order valence-corrected chi connectivity index (χ3v) is 3.75. The van der Waals surface area contributed by atoms with Crippen LogP contribution in [0.3, 0.4) is 0 Å². The van der Waals surface area contributed by atoms with Gasteiger partial charge in [-0.2, -0.15) is 0 Å². The number of ether oxygens (including phenoxy) is 1. The van der Waals surface area contributed by atoms with Crippen LogP contribution < -0.4 is 10.3 Å². The SMILES string of the molecule is Cc1ncn(CCOc2cccc(C(=O)O)c2)c(=O)c1Br. The van der Waals surface area contributed by atoms with Gasteiger partial charge in [-0.1, -0.05) is 6.07 Å². The van der Waals surface area contributed by atoms with Crippen LogP contribution in [0.25, 0.3) is 0 Å². The van der Waals surface area contributed by atoms with Gasteiger partial charge < -0.3 is 9.84 Å². The molecule has 0 spiro atoms. The summed E-state index contributed by atoms with van der Waals surface area (Å²) in [4.78, 5) is 26.9. The van der Waals surface area contributed by atoms with Crippen molar-refractivity contribution in [3.05, 3.63) is 56.7 Å². The Kier molecular flexibility index (Phi) is 4.74. The van der Waals surface area contributed by atoms with Gasteiger partial charge in [0.05, 0.1) is 24.1 Å². The number of aromatic nitrogens is 2. The molecule has 110 valence electrons. The summed E-state index contributed by atoms with van der Waals surface area (Å²) in [5.41, 5.74) is 0.612. The van der Waals surface area contributed by atoms with E-state index < -0.39 is 5.97 Å². The van der Waals surface area contributed by atoms with E-state index in [0.717, 1.165) is 0 Å². The fraction of sp³-hybridized carbons (Fsp3) is 0.214. The zero-order chi connectivity index (χ0) is 15.4. The second-order valence-electron chi connectivity index (χ2n) is 4.32. The predicted octanol–water partition coefficient (Wildman–Crippen LogP) is 2.09. The number of aromatic carboxylic acids is 1. The van der Waals surface area contributed by atoms with Gasteiger partial charge in [-0.15, -0.1) is 0 Å². The topological polar surface area (TPSA) is 81.4 Å². The van der Waals surface area contributed by atoms with Gasteiger partial charge in [-0.25, -0.2) is 9.78 Å². The zero-order valence-electron chi connectivity index (χ0n) is 11.2. The Morgan fingerprint density at radius 1 is 1.48 bits per heavy atom. The molecule has 6 nitrogen and oxygen atoms in total. The van der Waals surface area contributed by atoms with Crippen molar-refractivity contribution in [2.24, 2.45) is 0 Å². The minimum absolute atomic E-state index is 0.157. The molecule has 0 radical (unpaired) electrons. The Hall–Kier alpha value is -2.15. The van der Waals surface area contributed by atoms with E-state index in [2.05, 4.69) is 20.9 Å². The van der Waals surface area contributed by atoms with E-state index in [4.69, 9.17) is 9.84 Å². The van der Waals surface area contributed by atoms with E-state index >= 15 is 0 Å². The minimum Gasteiger partial charge on any atom is -0.492 e. The van der Waals surface area contributed by atoms with Crippen LogP contribution in [0, 0.1) is 6.92 Å². The first kappa shape index (κ1) is 15.2. The standard InChI is InChI=1S/C14H13BrN2O4/c1-9-12(15)13(18)17(8-16-9)5-6-21-11-4-2-3-10(7-11)14(19)20/h2-4,7-8H,5-6H2,1H3,(H,19,20). The number of aryl methyl sites for hydroxylation is 1. The molecule has 0 aliphatic carbocycles. The molecule has 0 aliphatic heterocycles. The van der Waals surface area contributed by atoms with Gasteiger partial charge in [0.25, 0.3) is 5.56 Å². The van der Waals surface area contributed by atoms with Crippen LogP contribution in [0.1, 0.15) is 16.1 Å². The average Bonchev–Trinajstić information content (AvgIpc) is 2.47. The number of nitrogens with zero attached hydrogens (tertiary/aromatic N) is 2. The molecule has 0 aliphatic rings. The number of carboxylic acid groups (broad SMARTS) is 1. The third kappa shape index (κ3) is 3.69. The molecule has 0 atom stereocenters. The first-order chi connectivity index (χ1) is 9.99. The van der Waals surface area contributed by atoms with Crippen LogP contribution in [0.2, 0.25) is 0 Å². The highest BCUT2D eigenvalue weighted by Gasteiger charge is 2.06. The first-order valence-corrected chi connectivity index (χ1v) is 6.96. The lowest BCUT2D eigenvalue weighted by Gasteiger charge is -2.09. The number of hydrogen-bond acceptors (Lipinski definition) is 4. The van der Waals surface area contributed by atoms with E-state index in [-0.39, 0.29) is 17.7 Å². The van der Waals surface area contributed by atoms with Crippen molar-refractivity contribution in [2.75, 3.05) is 6.61 Å². The Morgan fingerprint density at radius 2 is 2.24 bits per heavy atom. The molecule has 1 N–H and O–H groups in total. The number of benzene rings is 1. The summed E-state index contributed by atoms with van der Waals surface area (Å²) in [6.45, 7) is 2.30. The van der Waals surface area contributed by atoms with Crippen LogP contribution in [0.5, 0.6) is 5.75 Å². The van der Waals surface area contributed by atoms with Gasteiger partial charge in [0.15, 0.2) is 0 Å². The number of carbonyl (C=O) groups is 1. The third-order valence-electron chi connectivity index (χ3n) is 2.84. The molecule has 0 saturated carbocycles. The van der Waals surface area contributed by atoms with Crippen molar-refractivity contribution in [1.29, 1.82) is 0 Å². The van der Waals surface area contributed by atoms with Crippen molar-refractivity contribution in [1.82, 2.24) is 9.55 Å². The van der Waals surface area contributed by atoms with E-state index in [9.17, 15) is 9.59 Å². The summed E-state index contributed by atoms with van der Waals surface area (Å²) in [5, 5.41) is 8.89. The van der Waals surface area contributed by atoms with Gasteiger partial charge in [0.2, 0.25) is 0 Å². The number of hydrogen-bond donors (Lipinski definition) is 1. The lowest BCUT2D eigenvalue weighted by molar-refractivity contribution is 0.0696. The van der Waals surface area contributed by atoms with E-state index in [1.54, 1.807) is 19.1 Å². The van der Waals surface area contributed by atoms with Gasteiger partial charge in [0.1, 0.15) is 16.8 Å². The lowest BCUT2D eigenvalue weighted by atomic mass is 10.2. The molecular weight excluding hydrogens is 340 g/mol. The fourth-order valence-corrected chi connectivity index (χ4v) is 2.02. The molecule has 1 aromatic carbocycles. The maximum absolute atomic E-state index is 11.9. The molecule has 0 unspecified atom stereocenters. The quantitative estimate of drug-likeness (QED) is 0.890. The van der Waals surface area contributed by atoms with Crippen LogP contribution in [-0.4, -0.2) is 27.2 Å². The molecule has 7 heteroatoms. The molecule has 0 saturated heterocycles. The summed E-state index contributed by atoms with van der Waals surface area (Å²) in [7, 11) is 0. The van der Waals surface area contributed by atoms with Gasteiger partial charge >= 0.3 is 5.97 Å². The fourth-order valence-electron chi connectivity index (χ4n) is 1.69.